The predicted molar refractivity (Wildman–Crippen MR) is 84.6 cm³/mol. The van der Waals surface area contributed by atoms with E-state index in [0.29, 0.717) is 39.3 Å². The number of anilines is 1. The van der Waals surface area contributed by atoms with Gasteiger partial charge in [0.25, 0.3) is 0 Å². The number of rotatable bonds is 5. The Balaban J connectivity index is 1.74. The highest BCUT2D eigenvalue weighted by Crippen LogP contribution is 2.18. The summed E-state index contributed by atoms with van der Waals surface area (Å²) in [6, 6.07) is 3.42. The van der Waals surface area contributed by atoms with E-state index in [1.165, 1.54) is 6.07 Å². The van der Waals surface area contributed by atoms with Gasteiger partial charge in [0.05, 0.1) is 6.61 Å². The number of hydrogen-bond donors (Lipinski definition) is 1. The van der Waals surface area contributed by atoms with E-state index in [0.717, 1.165) is 12.1 Å². The number of nitrogens with zero attached hydrogens (tertiary/aromatic N) is 2. The van der Waals surface area contributed by atoms with Crippen LogP contribution in [-0.2, 0) is 9.53 Å². The van der Waals surface area contributed by atoms with Crippen LogP contribution in [0.3, 0.4) is 0 Å². The quantitative estimate of drug-likeness (QED) is 0.891. The number of para-hydroxylation sites is 1. The highest BCUT2D eigenvalue weighted by molar-refractivity contribution is 5.91. The Morgan fingerprint density at radius 1 is 1.17 bits per heavy atom. The molecule has 0 spiro atoms. The number of hydrogen-bond acceptors (Lipinski definition) is 4. The SMILES string of the molecule is CCOC(=O)N1CCN(CCC(=O)Nc2c(F)cccc2F)CC1. The maximum absolute atomic E-state index is 13.5. The van der Waals surface area contributed by atoms with E-state index >= 15 is 0 Å². The Kier molecular flexibility index (Phi) is 6.48. The third-order valence-electron chi connectivity index (χ3n) is 3.78. The van der Waals surface area contributed by atoms with E-state index in [9.17, 15) is 18.4 Å². The van der Waals surface area contributed by atoms with Gasteiger partial charge < -0.3 is 15.0 Å². The van der Waals surface area contributed by atoms with Crippen LogP contribution < -0.4 is 5.32 Å². The van der Waals surface area contributed by atoms with Gasteiger partial charge in [-0.15, -0.1) is 0 Å². The van der Waals surface area contributed by atoms with Gasteiger partial charge in [0, 0.05) is 39.1 Å². The maximum atomic E-state index is 13.5. The summed E-state index contributed by atoms with van der Waals surface area (Å²) in [6.45, 7) is 4.86. The van der Waals surface area contributed by atoms with Crippen LogP contribution in [0.5, 0.6) is 0 Å². The van der Waals surface area contributed by atoms with Crippen LogP contribution >= 0.6 is 0 Å². The monoisotopic (exact) mass is 341 g/mol. The topological polar surface area (TPSA) is 61.9 Å². The van der Waals surface area contributed by atoms with Gasteiger partial charge in [-0.3, -0.25) is 9.69 Å². The molecule has 2 amide bonds. The molecule has 132 valence electrons. The molecule has 0 aliphatic carbocycles. The van der Waals surface area contributed by atoms with E-state index < -0.39 is 23.2 Å². The number of carbonyl (C=O) groups excluding carboxylic acids is 2. The zero-order chi connectivity index (χ0) is 17.5. The zero-order valence-electron chi connectivity index (χ0n) is 13.6. The van der Waals surface area contributed by atoms with Gasteiger partial charge in [-0.2, -0.15) is 0 Å². The van der Waals surface area contributed by atoms with Crippen molar-refractivity contribution >= 4 is 17.7 Å². The van der Waals surface area contributed by atoms with Crippen molar-refractivity contribution in [3.63, 3.8) is 0 Å². The summed E-state index contributed by atoms with van der Waals surface area (Å²) in [5, 5.41) is 2.26. The summed E-state index contributed by atoms with van der Waals surface area (Å²) < 4.78 is 31.9. The Hall–Kier alpha value is -2.22. The van der Waals surface area contributed by atoms with Crippen LogP contribution in [0.4, 0.5) is 19.3 Å². The number of nitrogens with one attached hydrogen (secondary N) is 1. The molecule has 1 heterocycles. The molecule has 1 aliphatic rings. The molecular formula is C16H21F2N3O3. The van der Waals surface area contributed by atoms with Crippen LogP contribution in [0.1, 0.15) is 13.3 Å². The lowest BCUT2D eigenvalue weighted by molar-refractivity contribution is -0.116. The standard InChI is InChI=1S/C16H21F2N3O3/c1-2-24-16(23)21-10-8-20(9-11-21)7-6-14(22)19-15-12(17)4-3-5-13(15)18/h3-5H,2,6-11H2,1H3,(H,19,22). The number of piperazine rings is 1. The fourth-order valence-electron chi connectivity index (χ4n) is 2.45. The van der Waals surface area contributed by atoms with Gasteiger partial charge in [-0.25, -0.2) is 13.6 Å². The minimum atomic E-state index is -0.800. The molecule has 24 heavy (non-hydrogen) atoms. The average Bonchev–Trinajstić information content (AvgIpc) is 2.57. The van der Waals surface area contributed by atoms with Crippen molar-refractivity contribution in [3.05, 3.63) is 29.8 Å². The molecule has 1 fully saturated rings. The zero-order valence-corrected chi connectivity index (χ0v) is 13.6. The van der Waals surface area contributed by atoms with E-state index in [-0.39, 0.29) is 12.5 Å². The summed E-state index contributed by atoms with van der Waals surface area (Å²) in [6.07, 6.45) is -0.211. The first kappa shape index (κ1) is 18.1. The molecule has 8 heteroatoms. The molecule has 0 radical (unpaired) electrons. The van der Waals surface area contributed by atoms with Crippen LogP contribution in [0, 0.1) is 11.6 Å². The number of amides is 2. The van der Waals surface area contributed by atoms with Crippen LogP contribution in [-0.4, -0.2) is 61.1 Å². The first-order valence-electron chi connectivity index (χ1n) is 7.89. The Morgan fingerprint density at radius 3 is 2.38 bits per heavy atom. The largest absolute Gasteiger partial charge is 0.450 e. The van der Waals surface area contributed by atoms with Crippen molar-refractivity contribution in [2.45, 2.75) is 13.3 Å². The first-order chi connectivity index (χ1) is 11.5. The molecule has 2 rings (SSSR count). The predicted octanol–water partition coefficient (Wildman–Crippen LogP) is 2.07. The summed E-state index contributed by atoms with van der Waals surface area (Å²) >= 11 is 0. The Bertz CT molecular complexity index is 570. The lowest BCUT2D eigenvalue weighted by Gasteiger charge is -2.33. The second-order valence-electron chi connectivity index (χ2n) is 5.42. The minimum Gasteiger partial charge on any atom is -0.450 e. The second kappa shape index (κ2) is 8.58. The summed E-state index contributed by atoms with van der Waals surface area (Å²) in [5.41, 5.74) is -0.422. The van der Waals surface area contributed by atoms with E-state index in [4.69, 9.17) is 4.74 Å². The Labute approximate surface area is 139 Å². The molecule has 0 saturated carbocycles. The fourth-order valence-corrected chi connectivity index (χ4v) is 2.45. The molecule has 0 unspecified atom stereocenters. The third kappa shape index (κ3) is 4.89. The number of halogens is 2. The number of ether oxygens (including phenoxy) is 1. The molecule has 1 saturated heterocycles. The number of benzene rings is 1. The van der Waals surface area contributed by atoms with Crippen molar-refractivity contribution in [2.75, 3.05) is 44.6 Å². The van der Waals surface area contributed by atoms with Crippen molar-refractivity contribution in [1.29, 1.82) is 0 Å². The van der Waals surface area contributed by atoms with Crippen molar-refractivity contribution < 1.29 is 23.1 Å². The molecule has 0 atom stereocenters. The van der Waals surface area contributed by atoms with Gasteiger partial charge in [-0.1, -0.05) is 6.07 Å². The smallest absolute Gasteiger partial charge is 0.409 e. The molecule has 0 bridgehead atoms. The first-order valence-corrected chi connectivity index (χ1v) is 7.89. The fraction of sp³-hybridized carbons (Fsp3) is 0.500. The van der Waals surface area contributed by atoms with Crippen LogP contribution in [0.25, 0.3) is 0 Å². The summed E-state index contributed by atoms with van der Waals surface area (Å²) in [7, 11) is 0. The lowest BCUT2D eigenvalue weighted by Crippen LogP contribution is -2.49. The van der Waals surface area contributed by atoms with Crippen molar-refractivity contribution in [1.82, 2.24) is 9.80 Å². The number of carbonyl (C=O) groups is 2. The average molecular weight is 341 g/mol. The van der Waals surface area contributed by atoms with Gasteiger partial charge in [0.15, 0.2) is 0 Å². The molecule has 1 aromatic carbocycles. The second-order valence-corrected chi connectivity index (χ2v) is 5.42. The molecule has 1 aromatic rings. The van der Waals surface area contributed by atoms with Crippen LogP contribution in [0.15, 0.2) is 18.2 Å². The molecular weight excluding hydrogens is 320 g/mol. The van der Waals surface area contributed by atoms with Gasteiger partial charge in [-0.05, 0) is 19.1 Å². The molecule has 0 aromatic heterocycles. The highest BCUT2D eigenvalue weighted by atomic mass is 19.1. The van der Waals surface area contributed by atoms with Crippen molar-refractivity contribution in [3.8, 4) is 0 Å². The normalized spacial score (nSPS) is 15.2. The van der Waals surface area contributed by atoms with Crippen LogP contribution in [0.2, 0.25) is 0 Å². The molecule has 1 aliphatic heterocycles. The summed E-state index contributed by atoms with van der Waals surface area (Å²) in [5.74, 6) is -2.05. The molecule has 6 nitrogen and oxygen atoms in total. The van der Waals surface area contributed by atoms with Gasteiger partial charge in [0.2, 0.25) is 5.91 Å². The van der Waals surface area contributed by atoms with Crippen molar-refractivity contribution in [2.24, 2.45) is 0 Å². The minimum absolute atomic E-state index is 0.118. The highest BCUT2D eigenvalue weighted by Gasteiger charge is 2.22. The lowest BCUT2D eigenvalue weighted by atomic mass is 10.2. The van der Waals surface area contributed by atoms with E-state index in [1.807, 2.05) is 4.90 Å². The summed E-state index contributed by atoms with van der Waals surface area (Å²) in [4.78, 5) is 27.1. The van der Waals surface area contributed by atoms with E-state index in [1.54, 1.807) is 11.8 Å². The maximum Gasteiger partial charge on any atom is 0.409 e. The Morgan fingerprint density at radius 2 is 1.79 bits per heavy atom. The van der Waals surface area contributed by atoms with Gasteiger partial charge in [0.1, 0.15) is 17.3 Å². The third-order valence-corrected chi connectivity index (χ3v) is 3.78. The van der Waals surface area contributed by atoms with Gasteiger partial charge >= 0.3 is 6.09 Å². The van der Waals surface area contributed by atoms with E-state index in [2.05, 4.69) is 5.32 Å². The molecule has 1 N–H and O–H groups in total.